The Kier molecular flexibility index (Phi) is 4.05. The number of nitrogens with one attached hydrogen (secondary N) is 1. The van der Waals surface area contributed by atoms with E-state index in [1.54, 1.807) is 17.6 Å². The third-order valence-electron chi connectivity index (χ3n) is 3.81. The number of benzene rings is 1. The van der Waals surface area contributed by atoms with Crippen LogP contribution in [0.2, 0.25) is 0 Å². The number of carbonyl (C=O) groups excluding carboxylic acids is 1. The molecule has 0 spiro atoms. The second kappa shape index (κ2) is 6.52. The van der Waals surface area contributed by atoms with Crippen molar-refractivity contribution in [1.82, 2.24) is 24.4 Å². The quantitative estimate of drug-likeness (QED) is 0.596. The molecular formula is C17H14N6O2S. The van der Waals surface area contributed by atoms with Gasteiger partial charge in [0, 0.05) is 17.1 Å². The summed E-state index contributed by atoms with van der Waals surface area (Å²) in [5.74, 6) is -0.364. The van der Waals surface area contributed by atoms with E-state index in [0.29, 0.717) is 16.3 Å². The highest BCUT2D eigenvalue weighted by molar-refractivity contribution is 7.13. The van der Waals surface area contributed by atoms with Gasteiger partial charge in [0.1, 0.15) is 18.4 Å². The van der Waals surface area contributed by atoms with Gasteiger partial charge < -0.3 is 5.32 Å². The number of carbonyl (C=O) groups is 1. The van der Waals surface area contributed by atoms with Crippen molar-refractivity contribution in [3.63, 3.8) is 0 Å². The summed E-state index contributed by atoms with van der Waals surface area (Å²) in [7, 11) is 0. The summed E-state index contributed by atoms with van der Waals surface area (Å²) in [6.07, 6.45) is 3.01. The third-order valence-corrected chi connectivity index (χ3v) is 4.50. The normalized spacial score (nSPS) is 11.0. The van der Waals surface area contributed by atoms with Gasteiger partial charge in [-0.1, -0.05) is 29.8 Å². The van der Waals surface area contributed by atoms with E-state index in [0.717, 1.165) is 15.8 Å². The number of aryl methyl sites for hydroxylation is 1. The monoisotopic (exact) mass is 366 g/mol. The molecule has 1 N–H and O–H groups in total. The molecule has 0 aliphatic rings. The number of anilines is 1. The summed E-state index contributed by atoms with van der Waals surface area (Å²) in [5, 5.41) is 13.3. The van der Waals surface area contributed by atoms with Crippen LogP contribution in [0.3, 0.4) is 0 Å². The number of amides is 1. The zero-order chi connectivity index (χ0) is 18.1. The van der Waals surface area contributed by atoms with E-state index >= 15 is 0 Å². The number of thiazole rings is 1. The predicted octanol–water partition coefficient (Wildman–Crippen LogP) is 1.96. The van der Waals surface area contributed by atoms with Crippen LogP contribution < -0.4 is 10.9 Å². The standard InChI is InChI=1S/C17H14N6O2S/c1-11-2-4-12(5-3-11)13-8-14-16(25)22(19-10-23(14)21-13)9-15(24)20-17-18-6-7-26-17/h2-8,10H,9H2,1H3,(H,18,20,24). The minimum Gasteiger partial charge on any atom is -0.300 e. The molecule has 0 saturated carbocycles. The van der Waals surface area contributed by atoms with Gasteiger partial charge in [-0.3, -0.25) is 9.59 Å². The molecule has 0 aliphatic carbocycles. The number of aromatic nitrogens is 5. The summed E-state index contributed by atoms with van der Waals surface area (Å²) >= 11 is 1.31. The van der Waals surface area contributed by atoms with E-state index in [2.05, 4.69) is 20.5 Å². The minimum absolute atomic E-state index is 0.194. The Morgan fingerprint density at radius 2 is 2.08 bits per heavy atom. The highest BCUT2D eigenvalue weighted by Gasteiger charge is 2.13. The van der Waals surface area contributed by atoms with E-state index < -0.39 is 0 Å². The molecule has 0 aliphatic heterocycles. The Balaban J connectivity index is 1.63. The van der Waals surface area contributed by atoms with Gasteiger partial charge in [-0.2, -0.15) is 10.2 Å². The van der Waals surface area contributed by atoms with Crippen LogP contribution in [0.15, 0.2) is 53.0 Å². The van der Waals surface area contributed by atoms with Crippen molar-refractivity contribution in [2.24, 2.45) is 0 Å². The fourth-order valence-electron chi connectivity index (χ4n) is 2.50. The van der Waals surface area contributed by atoms with E-state index in [-0.39, 0.29) is 18.0 Å². The van der Waals surface area contributed by atoms with Crippen molar-refractivity contribution in [2.75, 3.05) is 5.32 Å². The molecular weight excluding hydrogens is 352 g/mol. The molecule has 1 aromatic carbocycles. The van der Waals surface area contributed by atoms with Crippen LogP contribution in [0, 0.1) is 6.92 Å². The molecule has 0 radical (unpaired) electrons. The Morgan fingerprint density at radius 1 is 1.27 bits per heavy atom. The molecule has 8 nitrogen and oxygen atoms in total. The lowest BCUT2D eigenvalue weighted by atomic mass is 10.1. The first-order chi connectivity index (χ1) is 12.6. The van der Waals surface area contributed by atoms with Gasteiger partial charge in [-0.15, -0.1) is 11.3 Å². The SMILES string of the molecule is Cc1ccc(-c2cc3c(=O)n(CC(=O)Nc4nccs4)ncn3n2)cc1. The van der Waals surface area contributed by atoms with Crippen LogP contribution in [0.5, 0.6) is 0 Å². The highest BCUT2D eigenvalue weighted by Crippen LogP contribution is 2.18. The van der Waals surface area contributed by atoms with Crippen molar-refractivity contribution in [2.45, 2.75) is 13.5 Å². The molecule has 0 bridgehead atoms. The van der Waals surface area contributed by atoms with Gasteiger partial charge in [-0.05, 0) is 13.0 Å². The van der Waals surface area contributed by atoms with Gasteiger partial charge in [0.2, 0.25) is 5.91 Å². The summed E-state index contributed by atoms with van der Waals surface area (Å²) < 4.78 is 2.53. The molecule has 9 heteroatoms. The molecule has 1 amide bonds. The maximum Gasteiger partial charge on any atom is 0.293 e. The third kappa shape index (κ3) is 3.11. The second-order valence-electron chi connectivity index (χ2n) is 5.70. The lowest BCUT2D eigenvalue weighted by molar-refractivity contribution is -0.117. The zero-order valence-electron chi connectivity index (χ0n) is 13.8. The smallest absolute Gasteiger partial charge is 0.293 e. The topological polar surface area (TPSA) is 94.2 Å². The van der Waals surface area contributed by atoms with Crippen molar-refractivity contribution in [3.05, 3.63) is 64.2 Å². The van der Waals surface area contributed by atoms with E-state index in [1.807, 2.05) is 31.2 Å². The van der Waals surface area contributed by atoms with Gasteiger partial charge in [0.15, 0.2) is 5.13 Å². The molecule has 4 rings (SSSR count). The molecule has 0 unspecified atom stereocenters. The van der Waals surface area contributed by atoms with Crippen LogP contribution in [-0.2, 0) is 11.3 Å². The lowest BCUT2D eigenvalue weighted by Crippen LogP contribution is -2.30. The van der Waals surface area contributed by atoms with E-state index in [9.17, 15) is 9.59 Å². The molecule has 0 fully saturated rings. The van der Waals surface area contributed by atoms with Crippen LogP contribution in [-0.4, -0.2) is 30.3 Å². The number of rotatable bonds is 4. The van der Waals surface area contributed by atoms with Crippen LogP contribution in [0.4, 0.5) is 5.13 Å². The molecule has 26 heavy (non-hydrogen) atoms. The maximum absolute atomic E-state index is 12.6. The highest BCUT2D eigenvalue weighted by atomic mass is 32.1. The van der Waals surface area contributed by atoms with Crippen LogP contribution >= 0.6 is 11.3 Å². The van der Waals surface area contributed by atoms with Gasteiger partial charge in [-0.25, -0.2) is 14.2 Å². The van der Waals surface area contributed by atoms with Gasteiger partial charge >= 0.3 is 0 Å². The first-order valence-corrected chi connectivity index (χ1v) is 8.70. The first-order valence-electron chi connectivity index (χ1n) is 7.82. The minimum atomic E-state index is -0.382. The van der Waals surface area contributed by atoms with Crippen molar-refractivity contribution in [3.8, 4) is 11.3 Å². The summed E-state index contributed by atoms with van der Waals surface area (Å²) in [6, 6.07) is 9.57. The summed E-state index contributed by atoms with van der Waals surface area (Å²) in [4.78, 5) is 28.6. The van der Waals surface area contributed by atoms with Gasteiger partial charge in [0.25, 0.3) is 5.56 Å². The van der Waals surface area contributed by atoms with E-state index in [1.165, 1.54) is 22.2 Å². The fourth-order valence-corrected chi connectivity index (χ4v) is 3.04. The molecule has 3 heterocycles. The Labute approximate surface area is 151 Å². The molecule has 0 atom stereocenters. The Bertz CT molecular complexity index is 1130. The number of hydrogen-bond acceptors (Lipinski definition) is 6. The lowest BCUT2D eigenvalue weighted by Gasteiger charge is -2.04. The second-order valence-corrected chi connectivity index (χ2v) is 6.60. The molecule has 4 aromatic rings. The van der Waals surface area contributed by atoms with Gasteiger partial charge in [0.05, 0.1) is 5.69 Å². The van der Waals surface area contributed by atoms with Crippen molar-refractivity contribution >= 4 is 27.9 Å². The number of hydrogen-bond donors (Lipinski definition) is 1. The Morgan fingerprint density at radius 3 is 2.81 bits per heavy atom. The summed E-state index contributed by atoms with van der Waals surface area (Å²) in [5.41, 5.74) is 2.71. The largest absolute Gasteiger partial charge is 0.300 e. The molecule has 130 valence electrons. The summed E-state index contributed by atoms with van der Waals surface area (Å²) in [6.45, 7) is 1.81. The van der Waals surface area contributed by atoms with Crippen molar-refractivity contribution < 1.29 is 4.79 Å². The average Bonchev–Trinajstić information content (AvgIpc) is 3.28. The van der Waals surface area contributed by atoms with Crippen molar-refractivity contribution in [1.29, 1.82) is 0 Å². The fraction of sp³-hybridized carbons (Fsp3) is 0.118. The predicted molar refractivity (Wildman–Crippen MR) is 98.2 cm³/mol. The first kappa shape index (κ1) is 16.2. The maximum atomic E-state index is 12.6. The van der Waals surface area contributed by atoms with Crippen LogP contribution in [0.25, 0.3) is 16.8 Å². The average molecular weight is 366 g/mol. The molecule has 0 saturated heterocycles. The number of nitrogens with zero attached hydrogens (tertiary/aromatic N) is 5. The van der Waals surface area contributed by atoms with Crippen LogP contribution in [0.1, 0.15) is 5.56 Å². The molecule has 3 aromatic heterocycles. The Hall–Kier alpha value is -3.33. The van der Waals surface area contributed by atoms with E-state index in [4.69, 9.17) is 0 Å². The number of fused-ring (bicyclic) bond motifs is 1. The zero-order valence-corrected chi connectivity index (χ0v) is 14.6.